The van der Waals surface area contributed by atoms with Crippen molar-refractivity contribution in [2.45, 2.75) is 410 Å². The van der Waals surface area contributed by atoms with Gasteiger partial charge in [0.1, 0.15) is 24.4 Å². The first kappa shape index (κ1) is 81.9. The molecule has 86 heavy (non-hydrogen) atoms. The predicted octanol–water partition coefficient (Wildman–Crippen LogP) is 19.4. The Kier molecular flexibility index (Phi) is 61.3. The van der Waals surface area contributed by atoms with Crippen LogP contribution in [0, 0.1) is 0 Å². The minimum atomic E-state index is -1.58. The van der Waals surface area contributed by atoms with Gasteiger partial charge >= 0.3 is 5.97 Å². The Labute approximate surface area is 530 Å². The molecule has 1 rings (SSSR count). The molecular weight excluding hydrogens is 1070 g/mol. The van der Waals surface area contributed by atoms with Crippen LogP contribution in [0.5, 0.6) is 0 Å². The third-order valence-electron chi connectivity index (χ3n) is 17.7. The molecule has 1 fully saturated rings. The molecule has 1 amide bonds. The monoisotopic (exact) mass is 1220 g/mol. The SMILES string of the molecule is CCC/C=C/CC/C=C/CC/C=C/C(O)C(COC1OC(CO)C(O)C(O)C1O)NC(=O)CCCCCCCCCCCCCCCCCCCCCCCCCCCCCCCCCCCCCOC(=O)CCCCCCCCCCCCCC. The quantitative estimate of drug-likeness (QED) is 0.0195. The smallest absolute Gasteiger partial charge is 0.305 e. The van der Waals surface area contributed by atoms with Gasteiger partial charge < -0.3 is 45.1 Å². The zero-order chi connectivity index (χ0) is 62.3. The summed E-state index contributed by atoms with van der Waals surface area (Å²) in [5.74, 6) is -0.175. The van der Waals surface area contributed by atoms with Gasteiger partial charge in [-0.05, 0) is 51.4 Å². The molecular formula is C75H141NO10. The topological polar surface area (TPSA) is 175 Å². The lowest BCUT2D eigenvalue weighted by Crippen LogP contribution is -2.60. The summed E-state index contributed by atoms with van der Waals surface area (Å²) in [4.78, 5) is 25.1. The minimum Gasteiger partial charge on any atom is -0.466 e. The van der Waals surface area contributed by atoms with E-state index in [2.05, 4.69) is 43.5 Å². The van der Waals surface area contributed by atoms with Crippen molar-refractivity contribution in [3.05, 3.63) is 36.5 Å². The number of hydrogen-bond donors (Lipinski definition) is 6. The van der Waals surface area contributed by atoms with E-state index in [1.807, 2.05) is 6.08 Å². The maximum Gasteiger partial charge on any atom is 0.305 e. The van der Waals surface area contributed by atoms with Gasteiger partial charge in [0.25, 0.3) is 0 Å². The van der Waals surface area contributed by atoms with Crippen LogP contribution in [0.3, 0.4) is 0 Å². The number of aliphatic hydroxyl groups excluding tert-OH is 5. The number of esters is 1. The Morgan fingerprint density at radius 1 is 0.419 bits per heavy atom. The Hall–Kier alpha value is -2.12. The van der Waals surface area contributed by atoms with Gasteiger partial charge in [-0.25, -0.2) is 0 Å². The summed E-state index contributed by atoms with van der Waals surface area (Å²) in [6.07, 6.45) is 73.2. The summed E-state index contributed by atoms with van der Waals surface area (Å²) < 4.78 is 16.7. The van der Waals surface area contributed by atoms with Crippen molar-refractivity contribution in [1.29, 1.82) is 0 Å². The molecule has 6 N–H and O–H groups in total. The summed E-state index contributed by atoms with van der Waals surface area (Å²) in [6, 6.07) is -0.830. The Bertz CT molecular complexity index is 1520. The number of hydrogen-bond acceptors (Lipinski definition) is 10. The molecule has 1 aliphatic heterocycles. The Morgan fingerprint density at radius 2 is 0.756 bits per heavy atom. The molecule has 506 valence electrons. The molecule has 7 atom stereocenters. The van der Waals surface area contributed by atoms with Gasteiger partial charge in [0.2, 0.25) is 5.91 Å². The van der Waals surface area contributed by atoms with E-state index in [0.717, 1.165) is 70.6 Å². The number of nitrogens with one attached hydrogen (secondary N) is 1. The number of unbranched alkanes of at least 4 members (excludes halogenated alkanes) is 48. The van der Waals surface area contributed by atoms with Crippen molar-refractivity contribution in [3.8, 4) is 0 Å². The molecule has 1 heterocycles. The van der Waals surface area contributed by atoms with Crippen molar-refractivity contribution < 1.29 is 49.3 Å². The van der Waals surface area contributed by atoms with Gasteiger partial charge in [0.15, 0.2) is 6.29 Å². The molecule has 11 heteroatoms. The number of carbonyl (C=O) groups excluding carboxylic acids is 2. The lowest BCUT2D eigenvalue weighted by atomic mass is 9.99. The van der Waals surface area contributed by atoms with Gasteiger partial charge in [-0.3, -0.25) is 9.59 Å². The highest BCUT2D eigenvalue weighted by molar-refractivity contribution is 5.76. The molecule has 1 saturated heterocycles. The standard InChI is InChI=1S/C75H141NO10/c1-3-5-7-9-11-13-15-43-47-51-55-59-63-71(80)84-64-60-56-52-48-44-40-38-36-34-32-30-28-26-24-22-20-18-16-17-19-21-23-25-27-29-31-33-35-37-39-42-46-50-54-58-62-70(79)76-67(66-85-75-74(83)73(82)72(81)69(65-77)86-75)68(78)61-57-53-49-45-41-14-12-10-8-6-4-2/h8,10,41,45,57,61,67-69,72-75,77-78,81-83H,3-7,9,11-40,42-44,46-56,58-60,62-66H2,1-2H3,(H,76,79)/b10-8+,45-41+,61-57+. The van der Waals surface area contributed by atoms with E-state index in [1.54, 1.807) is 6.08 Å². The van der Waals surface area contributed by atoms with Crippen molar-refractivity contribution >= 4 is 11.9 Å². The van der Waals surface area contributed by atoms with Crippen LogP contribution in [-0.4, -0.2) is 100 Å². The van der Waals surface area contributed by atoms with Crippen LogP contribution in [0.15, 0.2) is 36.5 Å². The van der Waals surface area contributed by atoms with Gasteiger partial charge in [0, 0.05) is 12.8 Å². The van der Waals surface area contributed by atoms with Crippen molar-refractivity contribution in [3.63, 3.8) is 0 Å². The Balaban J connectivity index is 1.89. The molecule has 0 aromatic carbocycles. The highest BCUT2D eigenvalue weighted by Crippen LogP contribution is 2.24. The summed E-state index contributed by atoms with van der Waals surface area (Å²) in [5.41, 5.74) is 0. The fourth-order valence-electron chi connectivity index (χ4n) is 11.9. The number of allylic oxidation sites excluding steroid dienone is 5. The van der Waals surface area contributed by atoms with E-state index in [1.165, 1.54) is 270 Å². The molecule has 0 radical (unpaired) electrons. The summed E-state index contributed by atoms with van der Waals surface area (Å²) in [6.45, 7) is 4.29. The zero-order valence-electron chi connectivity index (χ0n) is 56.3. The fourth-order valence-corrected chi connectivity index (χ4v) is 11.9. The van der Waals surface area contributed by atoms with Gasteiger partial charge in [-0.15, -0.1) is 0 Å². The second-order valence-electron chi connectivity index (χ2n) is 26.0. The molecule has 0 aromatic heterocycles. The van der Waals surface area contributed by atoms with Gasteiger partial charge in [-0.2, -0.15) is 0 Å². The van der Waals surface area contributed by atoms with Crippen LogP contribution >= 0.6 is 0 Å². The zero-order valence-corrected chi connectivity index (χ0v) is 56.3. The van der Waals surface area contributed by atoms with E-state index in [-0.39, 0.29) is 18.5 Å². The van der Waals surface area contributed by atoms with Gasteiger partial charge in [0.05, 0.1) is 32.0 Å². The third kappa shape index (κ3) is 52.6. The van der Waals surface area contributed by atoms with Crippen molar-refractivity contribution in [2.24, 2.45) is 0 Å². The largest absolute Gasteiger partial charge is 0.466 e. The predicted molar refractivity (Wildman–Crippen MR) is 361 cm³/mol. The molecule has 0 bridgehead atoms. The molecule has 1 aliphatic rings. The minimum absolute atomic E-state index is 0.0167. The van der Waals surface area contributed by atoms with Crippen LogP contribution in [0.25, 0.3) is 0 Å². The second kappa shape index (κ2) is 64.4. The Morgan fingerprint density at radius 3 is 1.13 bits per heavy atom. The summed E-state index contributed by atoms with van der Waals surface area (Å²) in [7, 11) is 0. The first-order valence-electron chi connectivity index (χ1n) is 37.3. The van der Waals surface area contributed by atoms with Crippen LogP contribution in [-0.2, 0) is 23.8 Å². The molecule has 0 saturated carbocycles. The molecule has 7 unspecified atom stereocenters. The average molecular weight is 1220 g/mol. The number of rotatable bonds is 66. The number of ether oxygens (including phenoxy) is 3. The average Bonchev–Trinajstić information content (AvgIpc) is 3.71. The van der Waals surface area contributed by atoms with E-state index >= 15 is 0 Å². The van der Waals surface area contributed by atoms with Crippen LogP contribution in [0.1, 0.15) is 367 Å². The van der Waals surface area contributed by atoms with Crippen LogP contribution in [0.4, 0.5) is 0 Å². The lowest BCUT2D eigenvalue weighted by Gasteiger charge is -2.40. The van der Waals surface area contributed by atoms with Crippen molar-refractivity contribution in [2.75, 3.05) is 19.8 Å². The fraction of sp³-hybridized carbons (Fsp3) is 0.893. The van der Waals surface area contributed by atoms with E-state index < -0.39 is 49.5 Å². The second-order valence-corrected chi connectivity index (χ2v) is 26.0. The summed E-state index contributed by atoms with van der Waals surface area (Å²) in [5, 5.41) is 54.4. The lowest BCUT2D eigenvalue weighted by molar-refractivity contribution is -0.302. The third-order valence-corrected chi connectivity index (χ3v) is 17.7. The molecule has 0 aliphatic carbocycles. The maximum absolute atomic E-state index is 13.0. The van der Waals surface area contributed by atoms with E-state index in [9.17, 15) is 35.1 Å². The summed E-state index contributed by atoms with van der Waals surface area (Å²) >= 11 is 0. The van der Waals surface area contributed by atoms with E-state index in [4.69, 9.17) is 14.2 Å². The molecule has 0 aromatic rings. The number of amides is 1. The van der Waals surface area contributed by atoms with Gasteiger partial charge in [-0.1, -0.05) is 339 Å². The van der Waals surface area contributed by atoms with Crippen LogP contribution in [0.2, 0.25) is 0 Å². The van der Waals surface area contributed by atoms with Crippen molar-refractivity contribution in [1.82, 2.24) is 5.32 Å². The van der Waals surface area contributed by atoms with E-state index in [0.29, 0.717) is 19.4 Å². The first-order valence-corrected chi connectivity index (χ1v) is 37.3. The maximum atomic E-state index is 13.0. The number of aliphatic hydroxyl groups is 5. The first-order chi connectivity index (χ1) is 42.2. The highest BCUT2D eigenvalue weighted by atomic mass is 16.7. The van der Waals surface area contributed by atoms with Crippen LogP contribution < -0.4 is 5.32 Å². The number of carbonyl (C=O) groups is 2. The normalized spacial score (nSPS) is 18.1. The molecule has 0 spiro atoms. The molecule has 11 nitrogen and oxygen atoms in total. The highest BCUT2D eigenvalue weighted by Gasteiger charge is 2.44.